The second-order valence-electron chi connectivity index (χ2n) is 6.73. The Bertz CT molecular complexity index is 639. The second-order valence-corrected chi connectivity index (χ2v) is 6.73. The topological polar surface area (TPSA) is 72.9 Å². The molecule has 6 nitrogen and oxygen atoms in total. The van der Waals surface area contributed by atoms with Crippen molar-refractivity contribution in [3.63, 3.8) is 0 Å². The van der Waals surface area contributed by atoms with Gasteiger partial charge in [-0.25, -0.2) is 4.79 Å². The van der Waals surface area contributed by atoms with E-state index >= 15 is 0 Å². The number of rotatable bonds is 3. The number of benzene rings is 1. The summed E-state index contributed by atoms with van der Waals surface area (Å²) in [5.74, 6) is -0.739. The number of carboxylic acids is 1. The molecule has 4 rings (SSSR count). The number of aliphatic carboxylic acids is 1. The second kappa shape index (κ2) is 5.23. The minimum absolute atomic E-state index is 0.0563. The highest BCUT2D eigenvalue weighted by Crippen LogP contribution is 2.44. The summed E-state index contributed by atoms with van der Waals surface area (Å²) in [6.45, 7) is 3.12. The summed E-state index contributed by atoms with van der Waals surface area (Å²) in [5, 5.41) is 12.8. The summed E-state index contributed by atoms with van der Waals surface area (Å²) in [4.78, 5) is 27.8. The Morgan fingerprint density at radius 2 is 2.00 bits per heavy atom. The van der Waals surface area contributed by atoms with E-state index in [9.17, 15) is 14.7 Å². The number of carbonyl (C=O) groups excluding carboxylic acids is 1. The van der Waals surface area contributed by atoms with Crippen molar-refractivity contribution in [3.05, 3.63) is 29.8 Å². The molecule has 1 aliphatic carbocycles. The molecule has 1 aromatic rings. The van der Waals surface area contributed by atoms with E-state index in [4.69, 9.17) is 0 Å². The van der Waals surface area contributed by atoms with Gasteiger partial charge in [0.25, 0.3) is 0 Å². The summed E-state index contributed by atoms with van der Waals surface area (Å²) in [6, 6.07) is 7.83. The number of amides is 2. The molecule has 1 saturated carbocycles. The van der Waals surface area contributed by atoms with Gasteiger partial charge in [-0.05, 0) is 30.5 Å². The summed E-state index contributed by atoms with van der Waals surface area (Å²) < 4.78 is 0. The number of hydrogen-bond acceptors (Lipinski definition) is 3. The van der Waals surface area contributed by atoms with Crippen LogP contribution in [0.5, 0.6) is 0 Å². The summed E-state index contributed by atoms with van der Waals surface area (Å²) >= 11 is 0. The quantitative estimate of drug-likeness (QED) is 0.884. The van der Waals surface area contributed by atoms with Crippen LogP contribution in [0.1, 0.15) is 24.8 Å². The van der Waals surface area contributed by atoms with E-state index < -0.39 is 11.4 Å². The summed E-state index contributed by atoms with van der Waals surface area (Å²) in [7, 11) is 0. The van der Waals surface area contributed by atoms with Crippen LogP contribution in [0.25, 0.3) is 0 Å². The Balaban J connectivity index is 1.57. The molecule has 3 fully saturated rings. The van der Waals surface area contributed by atoms with Crippen LogP contribution in [-0.4, -0.2) is 54.2 Å². The predicted molar refractivity (Wildman–Crippen MR) is 85.7 cm³/mol. The van der Waals surface area contributed by atoms with Gasteiger partial charge in [0.1, 0.15) is 0 Å². The highest BCUT2D eigenvalue weighted by Gasteiger charge is 2.46. The third-order valence-electron chi connectivity index (χ3n) is 5.57. The van der Waals surface area contributed by atoms with Gasteiger partial charge in [0.05, 0.1) is 11.5 Å². The first-order chi connectivity index (χ1) is 11.1. The van der Waals surface area contributed by atoms with Crippen molar-refractivity contribution in [3.8, 4) is 0 Å². The first kappa shape index (κ1) is 14.5. The number of piperazine rings is 1. The fourth-order valence-corrected chi connectivity index (χ4v) is 3.95. The molecule has 122 valence electrons. The molecule has 2 aliphatic heterocycles. The molecule has 2 saturated heterocycles. The standard InChI is InChI=1S/C17H21N3O3/c21-15(22)17(6-1-7-17)12-2-4-13(5-3-12)20-11-14-10-18-8-9-19(14)16(20)23/h2-5,14,18H,1,6-11H2,(H,21,22). The fourth-order valence-electron chi connectivity index (χ4n) is 3.95. The minimum Gasteiger partial charge on any atom is -0.481 e. The lowest BCUT2D eigenvalue weighted by molar-refractivity contribution is -0.147. The number of anilines is 1. The van der Waals surface area contributed by atoms with Crippen LogP contribution in [0.2, 0.25) is 0 Å². The number of fused-ring (bicyclic) bond motifs is 1. The average molecular weight is 315 g/mol. The molecule has 1 unspecified atom stereocenters. The summed E-state index contributed by atoms with van der Waals surface area (Å²) in [6.07, 6.45) is 2.36. The van der Waals surface area contributed by atoms with Crippen LogP contribution >= 0.6 is 0 Å². The maximum Gasteiger partial charge on any atom is 0.324 e. The van der Waals surface area contributed by atoms with Crippen molar-refractivity contribution in [2.45, 2.75) is 30.7 Å². The van der Waals surface area contributed by atoms with Crippen molar-refractivity contribution < 1.29 is 14.7 Å². The van der Waals surface area contributed by atoms with Crippen LogP contribution in [0, 0.1) is 0 Å². The maximum atomic E-state index is 12.5. The third kappa shape index (κ3) is 2.12. The molecule has 2 heterocycles. The number of carboxylic acid groups (broad SMARTS) is 1. The van der Waals surface area contributed by atoms with Gasteiger partial charge in [0.15, 0.2) is 0 Å². The van der Waals surface area contributed by atoms with Gasteiger partial charge < -0.3 is 15.3 Å². The molecule has 1 atom stereocenters. The molecule has 0 aromatic heterocycles. The highest BCUT2D eigenvalue weighted by molar-refractivity contribution is 5.95. The molecule has 3 aliphatic rings. The first-order valence-corrected chi connectivity index (χ1v) is 8.25. The van der Waals surface area contributed by atoms with Crippen molar-refractivity contribution >= 4 is 17.7 Å². The lowest BCUT2D eigenvalue weighted by atomic mass is 9.64. The SMILES string of the molecule is O=C1N(c2ccc(C3(C(=O)O)CCC3)cc2)CC2CNCCN12. The zero-order chi connectivity index (χ0) is 16.0. The Morgan fingerprint density at radius 1 is 1.26 bits per heavy atom. The van der Waals surface area contributed by atoms with Crippen LogP contribution < -0.4 is 10.2 Å². The fraction of sp³-hybridized carbons (Fsp3) is 0.529. The number of carbonyl (C=O) groups is 2. The molecule has 6 heteroatoms. The van der Waals surface area contributed by atoms with Gasteiger partial charge in [-0.3, -0.25) is 9.69 Å². The number of nitrogens with one attached hydrogen (secondary N) is 1. The number of nitrogens with zero attached hydrogens (tertiary/aromatic N) is 2. The number of urea groups is 1. The Morgan fingerprint density at radius 3 is 2.57 bits per heavy atom. The van der Waals surface area contributed by atoms with Crippen LogP contribution in [0.3, 0.4) is 0 Å². The van der Waals surface area contributed by atoms with Gasteiger partial charge in [0.2, 0.25) is 0 Å². The number of hydrogen-bond donors (Lipinski definition) is 2. The smallest absolute Gasteiger partial charge is 0.324 e. The lowest BCUT2D eigenvalue weighted by Crippen LogP contribution is -2.49. The van der Waals surface area contributed by atoms with Gasteiger partial charge in [-0.2, -0.15) is 0 Å². The van der Waals surface area contributed by atoms with Gasteiger partial charge in [-0.15, -0.1) is 0 Å². The van der Waals surface area contributed by atoms with E-state index in [0.29, 0.717) is 19.4 Å². The molecule has 0 bridgehead atoms. The van der Waals surface area contributed by atoms with Gasteiger partial charge in [-0.1, -0.05) is 18.6 Å². The normalized spacial score (nSPS) is 25.9. The monoisotopic (exact) mass is 315 g/mol. The molecule has 1 aromatic carbocycles. The Labute approximate surface area is 135 Å². The van der Waals surface area contributed by atoms with Crippen molar-refractivity contribution in [2.75, 3.05) is 31.1 Å². The van der Waals surface area contributed by atoms with E-state index in [1.807, 2.05) is 29.2 Å². The molecule has 2 amide bonds. The average Bonchev–Trinajstić information content (AvgIpc) is 2.84. The zero-order valence-corrected chi connectivity index (χ0v) is 13.0. The molecule has 23 heavy (non-hydrogen) atoms. The first-order valence-electron chi connectivity index (χ1n) is 8.25. The zero-order valence-electron chi connectivity index (χ0n) is 13.0. The largest absolute Gasteiger partial charge is 0.481 e. The maximum absolute atomic E-state index is 12.5. The molecule has 0 radical (unpaired) electrons. The molecular formula is C17H21N3O3. The van der Waals surface area contributed by atoms with Crippen LogP contribution in [0.4, 0.5) is 10.5 Å². The van der Waals surface area contributed by atoms with E-state index in [2.05, 4.69) is 5.32 Å². The van der Waals surface area contributed by atoms with Crippen molar-refractivity contribution in [1.82, 2.24) is 10.2 Å². The van der Waals surface area contributed by atoms with Gasteiger partial charge >= 0.3 is 12.0 Å². The minimum atomic E-state index is -0.739. The van der Waals surface area contributed by atoms with Crippen LogP contribution in [-0.2, 0) is 10.2 Å². The van der Waals surface area contributed by atoms with Crippen LogP contribution in [0.15, 0.2) is 24.3 Å². The van der Waals surface area contributed by atoms with E-state index in [1.54, 1.807) is 4.90 Å². The predicted octanol–water partition coefficient (Wildman–Crippen LogP) is 1.41. The molecule has 0 spiro atoms. The lowest BCUT2D eigenvalue weighted by Gasteiger charge is -2.38. The molecule has 2 N–H and O–H groups in total. The summed E-state index contributed by atoms with van der Waals surface area (Å²) in [5.41, 5.74) is 0.994. The van der Waals surface area contributed by atoms with E-state index in [-0.39, 0.29) is 12.1 Å². The Hall–Kier alpha value is -2.08. The molecular weight excluding hydrogens is 294 g/mol. The van der Waals surface area contributed by atoms with Gasteiger partial charge in [0, 0.05) is 31.9 Å². The third-order valence-corrected chi connectivity index (χ3v) is 5.57. The van der Waals surface area contributed by atoms with E-state index in [1.165, 1.54) is 0 Å². The van der Waals surface area contributed by atoms with E-state index in [0.717, 1.165) is 37.3 Å². The van der Waals surface area contributed by atoms with Crippen molar-refractivity contribution in [2.24, 2.45) is 0 Å². The highest BCUT2D eigenvalue weighted by atomic mass is 16.4. The van der Waals surface area contributed by atoms with Crippen molar-refractivity contribution in [1.29, 1.82) is 0 Å². The Kier molecular flexibility index (Phi) is 3.30.